The van der Waals surface area contributed by atoms with Crippen LogP contribution in [0.2, 0.25) is 0 Å². The summed E-state index contributed by atoms with van der Waals surface area (Å²) >= 11 is 0. The van der Waals surface area contributed by atoms with Gasteiger partial charge in [-0.3, -0.25) is 14.3 Å². The molecule has 0 spiro atoms. The second kappa shape index (κ2) is 6.70. The van der Waals surface area contributed by atoms with Gasteiger partial charge in [-0.2, -0.15) is 0 Å². The summed E-state index contributed by atoms with van der Waals surface area (Å²) in [5.41, 5.74) is -0.877. The minimum Gasteiger partial charge on any atom is -0.323 e. The maximum atomic E-state index is 12.3. The Labute approximate surface area is 119 Å². The third kappa shape index (κ3) is 3.59. The number of imide groups is 1. The number of nitrogens with zero attached hydrogens (tertiary/aromatic N) is 1. The van der Waals surface area contributed by atoms with Gasteiger partial charge in [-0.25, -0.2) is 4.79 Å². The zero-order valence-electron chi connectivity index (χ0n) is 12.5. The predicted octanol–water partition coefficient (Wildman–Crippen LogP) is 1.97. The van der Waals surface area contributed by atoms with E-state index in [1.807, 2.05) is 6.92 Å². The Kier molecular flexibility index (Phi) is 5.74. The Morgan fingerprint density at radius 2 is 1.75 bits per heavy atom. The van der Waals surface area contributed by atoms with Crippen LogP contribution in [0, 0.1) is 0 Å². The molecule has 8 heteroatoms. The summed E-state index contributed by atoms with van der Waals surface area (Å²) in [6.07, 6.45) is 0.510. The number of rotatable bonds is 8. The molecule has 1 fully saturated rings. The molecule has 1 heterocycles. The number of hydrogen-bond donors (Lipinski definition) is 1. The molecule has 7 nitrogen and oxygen atoms in total. The van der Waals surface area contributed by atoms with E-state index < -0.39 is 19.2 Å². The van der Waals surface area contributed by atoms with Gasteiger partial charge in [0.05, 0.1) is 19.4 Å². The van der Waals surface area contributed by atoms with Crippen molar-refractivity contribution in [1.82, 2.24) is 10.2 Å². The molecule has 116 valence electrons. The SMILES string of the molecule is CCOP(=O)(CCN1C(=O)NC(C)(CC)C1=O)OCC. The van der Waals surface area contributed by atoms with Crippen LogP contribution < -0.4 is 5.32 Å². The molecule has 0 saturated carbocycles. The first-order valence-electron chi connectivity index (χ1n) is 6.84. The Morgan fingerprint density at radius 3 is 2.15 bits per heavy atom. The van der Waals surface area contributed by atoms with Crippen molar-refractivity contribution in [2.75, 3.05) is 25.9 Å². The van der Waals surface area contributed by atoms with Crippen molar-refractivity contribution in [3.63, 3.8) is 0 Å². The van der Waals surface area contributed by atoms with Gasteiger partial charge in [0.1, 0.15) is 5.54 Å². The molecule has 1 aliphatic rings. The van der Waals surface area contributed by atoms with Gasteiger partial charge in [0.15, 0.2) is 0 Å². The highest BCUT2D eigenvalue weighted by atomic mass is 31.2. The van der Waals surface area contributed by atoms with E-state index in [0.29, 0.717) is 6.42 Å². The molecule has 0 aliphatic carbocycles. The molecule has 1 N–H and O–H groups in total. The largest absolute Gasteiger partial charge is 0.332 e. The average Bonchev–Trinajstić information content (AvgIpc) is 2.59. The summed E-state index contributed by atoms with van der Waals surface area (Å²) in [6, 6.07) is -0.459. The lowest BCUT2D eigenvalue weighted by molar-refractivity contribution is -0.130. The maximum Gasteiger partial charge on any atom is 0.332 e. The predicted molar refractivity (Wildman–Crippen MR) is 74.7 cm³/mol. The Hall–Kier alpha value is -0.910. The van der Waals surface area contributed by atoms with Gasteiger partial charge in [-0.05, 0) is 27.2 Å². The van der Waals surface area contributed by atoms with E-state index in [0.717, 1.165) is 4.90 Å². The Bertz CT molecular complexity index is 418. The molecule has 1 aliphatic heterocycles. The smallest absolute Gasteiger partial charge is 0.323 e. The van der Waals surface area contributed by atoms with Crippen molar-refractivity contribution in [3.8, 4) is 0 Å². The maximum absolute atomic E-state index is 12.3. The molecular formula is C12H23N2O5P. The standard InChI is InChI=1S/C12H23N2O5P/c1-5-12(4)10(15)14(11(16)13-12)8-9-20(17,18-6-2)19-7-3/h5-9H2,1-4H3,(H,13,16). The van der Waals surface area contributed by atoms with Crippen molar-refractivity contribution in [2.45, 2.75) is 39.7 Å². The summed E-state index contributed by atoms with van der Waals surface area (Å²) in [4.78, 5) is 25.1. The first kappa shape index (κ1) is 17.1. The van der Waals surface area contributed by atoms with Gasteiger partial charge >= 0.3 is 13.6 Å². The first-order valence-corrected chi connectivity index (χ1v) is 8.57. The molecule has 0 radical (unpaired) electrons. The lowest BCUT2D eigenvalue weighted by Gasteiger charge is -2.21. The van der Waals surface area contributed by atoms with Crippen LogP contribution >= 0.6 is 7.60 Å². The second-order valence-electron chi connectivity index (χ2n) is 4.74. The van der Waals surface area contributed by atoms with E-state index in [1.165, 1.54) is 0 Å². The molecule has 0 aromatic rings. The minimum atomic E-state index is -3.25. The molecule has 0 bridgehead atoms. The van der Waals surface area contributed by atoms with Crippen LogP contribution in [0.25, 0.3) is 0 Å². The summed E-state index contributed by atoms with van der Waals surface area (Å²) in [5.74, 6) is -0.301. The van der Waals surface area contributed by atoms with Crippen LogP contribution in [0.4, 0.5) is 4.79 Å². The molecule has 1 saturated heterocycles. The van der Waals surface area contributed by atoms with Gasteiger partial charge in [0, 0.05) is 6.54 Å². The Balaban J connectivity index is 2.71. The van der Waals surface area contributed by atoms with Crippen LogP contribution in [0.5, 0.6) is 0 Å². The topological polar surface area (TPSA) is 84.9 Å². The lowest BCUT2D eigenvalue weighted by Crippen LogP contribution is -2.43. The third-order valence-corrected chi connectivity index (χ3v) is 5.35. The fourth-order valence-electron chi connectivity index (χ4n) is 1.97. The quantitative estimate of drug-likeness (QED) is 0.547. The van der Waals surface area contributed by atoms with Gasteiger partial charge in [0.2, 0.25) is 0 Å². The molecule has 1 unspecified atom stereocenters. The Morgan fingerprint density at radius 1 is 1.20 bits per heavy atom. The van der Waals surface area contributed by atoms with Gasteiger partial charge in [0.25, 0.3) is 5.91 Å². The van der Waals surface area contributed by atoms with Crippen molar-refractivity contribution in [2.24, 2.45) is 0 Å². The average molecular weight is 306 g/mol. The van der Waals surface area contributed by atoms with E-state index in [9.17, 15) is 14.2 Å². The number of amides is 3. The molecule has 3 amide bonds. The third-order valence-electron chi connectivity index (χ3n) is 3.30. The van der Waals surface area contributed by atoms with E-state index in [4.69, 9.17) is 9.05 Å². The highest BCUT2D eigenvalue weighted by molar-refractivity contribution is 7.53. The highest BCUT2D eigenvalue weighted by Gasteiger charge is 2.46. The molecule has 0 aromatic heterocycles. The lowest BCUT2D eigenvalue weighted by atomic mass is 10.00. The normalized spacial score (nSPS) is 23.3. The van der Waals surface area contributed by atoms with E-state index in [-0.39, 0.29) is 31.8 Å². The number of carbonyl (C=O) groups is 2. The number of hydrogen-bond acceptors (Lipinski definition) is 5. The zero-order valence-corrected chi connectivity index (χ0v) is 13.4. The van der Waals surface area contributed by atoms with Crippen LogP contribution in [-0.4, -0.2) is 48.3 Å². The van der Waals surface area contributed by atoms with Gasteiger partial charge < -0.3 is 14.4 Å². The monoisotopic (exact) mass is 306 g/mol. The summed E-state index contributed by atoms with van der Waals surface area (Å²) in [6.45, 7) is 7.47. The van der Waals surface area contributed by atoms with E-state index >= 15 is 0 Å². The molecule has 0 aromatic carbocycles. The summed E-state index contributed by atoms with van der Waals surface area (Å²) < 4.78 is 22.6. The first-order chi connectivity index (χ1) is 9.32. The van der Waals surface area contributed by atoms with Crippen LogP contribution in [0.1, 0.15) is 34.1 Å². The minimum absolute atomic E-state index is 0.00757. The van der Waals surface area contributed by atoms with Crippen molar-refractivity contribution >= 4 is 19.5 Å². The molecule has 20 heavy (non-hydrogen) atoms. The van der Waals surface area contributed by atoms with Crippen molar-refractivity contribution in [3.05, 3.63) is 0 Å². The second-order valence-corrected chi connectivity index (χ2v) is 6.93. The fourth-order valence-corrected chi connectivity index (χ4v) is 3.54. The number of nitrogens with one attached hydrogen (secondary N) is 1. The molecule has 1 atom stereocenters. The van der Waals surface area contributed by atoms with Crippen LogP contribution in [-0.2, 0) is 18.4 Å². The van der Waals surface area contributed by atoms with Crippen molar-refractivity contribution < 1.29 is 23.2 Å². The fraction of sp³-hybridized carbons (Fsp3) is 0.833. The summed E-state index contributed by atoms with van der Waals surface area (Å²) in [5, 5.41) is 2.65. The summed E-state index contributed by atoms with van der Waals surface area (Å²) in [7, 11) is -3.25. The van der Waals surface area contributed by atoms with Crippen LogP contribution in [0.3, 0.4) is 0 Å². The molecular weight excluding hydrogens is 283 g/mol. The van der Waals surface area contributed by atoms with Gasteiger partial charge in [-0.15, -0.1) is 0 Å². The number of urea groups is 1. The van der Waals surface area contributed by atoms with Gasteiger partial charge in [-0.1, -0.05) is 6.92 Å². The van der Waals surface area contributed by atoms with E-state index in [2.05, 4.69) is 5.32 Å². The number of carbonyl (C=O) groups excluding carboxylic acids is 2. The van der Waals surface area contributed by atoms with Crippen LogP contribution in [0.15, 0.2) is 0 Å². The highest BCUT2D eigenvalue weighted by Crippen LogP contribution is 2.47. The van der Waals surface area contributed by atoms with E-state index in [1.54, 1.807) is 20.8 Å². The molecule has 1 rings (SSSR count). The van der Waals surface area contributed by atoms with Crippen molar-refractivity contribution in [1.29, 1.82) is 0 Å². The zero-order chi connectivity index (χ0) is 15.4.